The number of carbonyl (C=O) groups is 1. The Hall–Kier alpha value is -3.27. The molecule has 3 aromatic rings. The third kappa shape index (κ3) is 3.75. The molecule has 1 aliphatic rings. The van der Waals surface area contributed by atoms with Crippen molar-refractivity contribution in [2.75, 3.05) is 18.5 Å². The van der Waals surface area contributed by atoms with Crippen molar-refractivity contribution in [3.8, 4) is 0 Å². The van der Waals surface area contributed by atoms with Gasteiger partial charge in [-0.05, 0) is 12.5 Å². The average molecular weight is 463 g/mol. The summed E-state index contributed by atoms with van der Waals surface area (Å²) < 4.78 is 28.8. The fraction of sp³-hybridized carbons (Fsp3) is 0.333. The molecule has 32 heavy (non-hydrogen) atoms. The van der Waals surface area contributed by atoms with E-state index in [1.54, 1.807) is 29.8 Å². The zero-order valence-electron chi connectivity index (χ0n) is 17.4. The van der Waals surface area contributed by atoms with Crippen LogP contribution in [0.25, 0.3) is 0 Å². The Morgan fingerprint density at radius 1 is 1.28 bits per heavy atom. The van der Waals surface area contributed by atoms with Crippen molar-refractivity contribution in [2.24, 2.45) is 0 Å². The van der Waals surface area contributed by atoms with E-state index in [0.717, 1.165) is 5.69 Å². The lowest BCUT2D eigenvalue weighted by atomic mass is 10.00. The molecule has 0 saturated carbocycles. The van der Waals surface area contributed by atoms with E-state index in [1.807, 2.05) is 4.90 Å². The van der Waals surface area contributed by atoms with Gasteiger partial charge in [0.25, 0.3) is 17.9 Å². The Labute approximate surface area is 187 Å². The minimum Gasteiger partial charge on any atom is -0.364 e. The predicted molar refractivity (Wildman–Crippen MR) is 115 cm³/mol. The summed E-state index contributed by atoms with van der Waals surface area (Å²) in [6, 6.07) is 5.82. The van der Waals surface area contributed by atoms with Crippen molar-refractivity contribution in [3.05, 3.63) is 73.9 Å². The molecule has 0 aliphatic carbocycles. The highest BCUT2D eigenvalue weighted by atomic mass is 35.5. The van der Waals surface area contributed by atoms with E-state index in [0.29, 0.717) is 29.8 Å². The molecule has 3 heterocycles. The number of nitrogens with one attached hydrogen (secondary N) is 2. The highest BCUT2D eigenvalue weighted by Gasteiger charge is 2.31. The molecule has 8 nitrogen and oxygen atoms in total. The number of hydrogen-bond donors (Lipinski definition) is 2. The van der Waals surface area contributed by atoms with E-state index in [-0.39, 0.29) is 28.7 Å². The van der Waals surface area contributed by atoms with Crippen LogP contribution in [-0.2, 0) is 13.0 Å². The Bertz CT molecular complexity index is 1230. The summed E-state index contributed by atoms with van der Waals surface area (Å²) in [6.07, 6.45) is -0.691. The van der Waals surface area contributed by atoms with Crippen LogP contribution in [0, 0.1) is 0 Å². The van der Waals surface area contributed by atoms with Gasteiger partial charge in [-0.3, -0.25) is 14.3 Å². The fourth-order valence-electron chi connectivity index (χ4n) is 4.09. The summed E-state index contributed by atoms with van der Waals surface area (Å²) in [5.41, 5.74) is 1.98. The molecule has 1 aliphatic heterocycles. The lowest BCUT2D eigenvalue weighted by Gasteiger charge is -2.30. The van der Waals surface area contributed by atoms with Crippen LogP contribution in [0.2, 0.25) is 5.02 Å². The maximum atomic E-state index is 13.6. The van der Waals surface area contributed by atoms with Crippen LogP contribution in [0.15, 0.2) is 35.3 Å². The van der Waals surface area contributed by atoms with Crippen molar-refractivity contribution in [1.82, 2.24) is 25.3 Å². The van der Waals surface area contributed by atoms with Gasteiger partial charge in [0.05, 0.1) is 17.9 Å². The molecular formula is C21H21ClF2N6O2. The van der Waals surface area contributed by atoms with E-state index < -0.39 is 18.0 Å². The molecule has 11 heteroatoms. The predicted octanol–water partition coefficient (Wildman–Crippen LogP) is 3.09. The van der Waals surface area contributed by atoms with Crippen LogP contribution in [-0.4, -0.2) is 39.5 Å². The molecule has 0 spiro atoms. The Balaban J connectivity index is 1.79. The molecule has 0 radical (unpaired) electrons. The second kappa shape index (κ2) is 8.70. The van der Waals surface area contributed by atoms with Gasteiger partial charge in [-0.25, -0.2) is 13.9 Å². The summed E-state index contributed by atoms with van der Waals surface area (Å²) >= 11 is 6.17. The summed E-state index contributed by atoms with van der Waals surface area (Å²) in [5.74, 6) is -0.383. The zero-order valence-corrected chi connectivity index (χ0v) is 18.2. The molecule has 1 amide bonds. The summed E-state index contributed by atoms with van der Waals surface area (Å²) in [6.45, 7) is 2.54. The van der Waals surface area contributed by atoms with Crippen LogP contribution < -0.4 is 15.8 Å². The van der Waals surface area contributed by atoms with Crippen LogP contribution in [0.4, 0.5) is 14.5 Å². The van der Waals surface area contributed by atoms with E-state index in [4.69, 9.17) is 11.6 Å². The van der Waals surface area contributed by atoms with Gasteiger partial charge in [0, 0.05) is 43.4 Å². The van der Waals surface area contributed by atoms with Gasteiger partial charge < -0.3 is 10.2 Å². The molecule has 0 fully saturated rings. The van der Waals surface area contributed by atoms with Crippen molar-refractivity contribution in [2.45, 2.75) is 32.4 Å². The first-order valence-electron chi connectivity index (χ1n) is 10.0. The highest BCUT2D eigenvalue weighted by Crippen LogP contribution is 2.34. The first-order valence-corrected chi connectivity index (χ1v) is 10.4. The highest BCUT2D eigenvalue weighted by molar-refractivity contribution is 6.33. The fourth-order valence-corrected chi connectivity index (χ4v) is 4.30. The molecule has 0 unspecified atom stereocenters. The Kier molecular flexibility index (Phi) is 5.96. The molecule has 4 rings (SSSR count). The number of rotatable bonds is 5. The average Bonchev–Trinajstić information content (AvgIpc) is 3.18. The van der Waals surface area contributed by atoms with Gasteiger partial charge in [0.15, 0.2) is 5.69 Å². The van der Waals surface area contributed by atoms with E-state index >= 15 is 0 Å². The topological polar surface area (TPSA) is 95.9 Å². The number of hydrogen-bond acceptors (Lipinski definition) is 5. The van der Waals surface area contributed by atoms with Crippen molar-refractivity contribution < 1.29 is 13.6 Å². The van der Waals surface area contributed by atoms with Gasteiger partial charge in [0.2, 0.25) is 0 Å². The minimum absolute atomic E-state index is 0.0107. The third-order valence-corrected chi connectivity index (χ3v) is 6.06. The second-order valence-electron chi connectivity index (χ2n) is 7.47. The Morgan fingerprint density at radius 2 is 2.00 bits per heavy atom. The zero-order chi connectivity index (χ0) is 23.0. The second-order valence-corrected chi connectivity index (χ2v) is 7.85. The van der Waals surface area contributed by atoms with Gasteiger partial charge in [-0.15, -0.1) is 0 Å². The number of anilines is 1. The van der Waals surface area contributed by atoms with E-state index in [1.165, 1.54) is 19.3 Å². The normalized spacial score (nSPS) is 14.4. The number of nitrogens with zero attached hydrogens (tertiary/aromatic N) is 4. The standard InChI is InChI=1S/C21H21ClF2N6O2/c1-11(12-5-3-4-6-13(12)19(23)24)30-15-7-8-29(16-9-26-27-20(31)17(16)22)10-14(15)18(28-30)21(32)25-2/h3-6,9,11,19H,7-8,10H2,1-2H3,(H,25,32)(H,27,31)/t11-/m0/s1. The number of alkyl halides is 2. The van der Waals surface area contributed by atoms with Crippen LogP contribution in [0.3, 0.4) is 0 Å². The number of halogens is 3. The van der Waals surface area contributed by atoms with Crippen LogP contribution >= 0.6 is 11.6 Å². The summed E-state index contributed by atoms with van der Waals surface area (Å²) in [4.78, 5) is 26.3. The lowest BCUT2D eigenvalue weighted by Crippen LogP contribution is -2.33. The first-order chi connectivity index (χ1) is 15.3. The molecular weight excluding hydrogens is 442 g/mol. The van der Waals surface area contributed by atoms with Gasteiger partial charge in [-0.1, -0.05) is 35.9 Å². The lowest BCUT2D eigenvalue weighted by molar-refractivity contribution is 0.0956. The van der Waals surface area contributed by atoms with E-state index in [9.17, 15) is 18.4 Å². The molecule has 1 atom stereocenters. The number of H-pyrrole nitrogens is 1. The van der Waals surface area contributed by atoms with Crippen LogP contribution in [0.1, 0.15) is 52.3 Å². The smallest absolute Gasteiger partial charge is 0.285 e. The monoisotopic (exact) mass is 462 g/mol. The summed E-state index contributed by atoms with van der Waals surface area (Å²) in [7, 11) is 1.50. The maximum Gasteiger partial charge on any atom is 0.285 e. The molecule has 1 aromatic carbocycles. The van der Waals surface area contributed by atoms with Crippen molar-refractivity contribution in [1.29, 1.82) is 0 Å². The largest absolute Gasteiger partial charge is 0.364 e. The van der Waals surface area contributed by atoms with Gasteiger partial charge in [0.1, 0.15) is 5.02 Å². The molecule has 2 N–H and O–H groups in total. The molecule has 0 saturated heterocycles. The number of fused-ring (bicyclic) bond motifs is 1. The van der Waals surface area contributed by atoms with Crippen molar-refractivity contribution >= 4 is 23.2 Å². The van der Waals surface area contributed by atoms with Crippen LogP contribution in [0.5, 0.6) is 0 Å². The minimum atomic E-state index is -2.63. The van der Waals surface area contributed by atoms with Gasteiger partial charge >= 0.3 is 0 Å². The number of aromatic amines is 1. The maximum absolute atomic E-state index is 13.6. The number of aromatic nitrogens is 4. The third-order valence-electron chi connectivity index (χ3n) is 5.69. The number of benzene rings is 1. The Morgan fingerprint density at radius 3 is 2.69 bits per heavy atom. The molecule has 2 aromatic heterocycles. The quantitative estimate of drug-likeness (QED) is 0.607. The molecule has 168 valence electrons. The van der Waals surface area contributed by atoms with Crippen molar-refractivity contribution in [3.63, 3.8) is 0 Å². The number of carbonyl (C=O) groups excluding carboxylic acids is 1. The first kappa shape index (κ1) is 21.9. The van der Waals surface area contributed by atoms with E-state index in [2.05, 4.69) is 20.6 Å². The molecule has 0 bridgehead atoms. The van der Waals surface area contributed by atoms with Gasteiger partial charge in [-0.2, -0.15) is 10.2 Å². The summed E-state index contributed by atoms with van der Waals surface area (Å²) in [5, 5.41) is 13.2. The number of amides is 1. The SMILES string of the molecule is CNC(=O)c1nn([C@@H](C)c2ccccc2C(F)F)c2c1CN(c1cn[nH]c(=O)c1Cl)CC2.